The highest BCUT2D eigenvalue weighted by Gasteiger charge is 2.10. The van der Waals surface area contributed by atoms with Crippen LogP contribution in [0.5, 0.6) is 0 Å². The highest BCUT2D eigenvalue weighted by molar-refractivity contribution is 9.10. The van der Waals surface area contributed by atoms with E-state index < -0.39 is 0 Å². The minimum absolute atomic E-state index is 0.639. The zero-order chi connectivity index (χ0) is 15.7. The molecule has 0 unspecified atom stereocenters. The average Bonchev–Trinajstić information content (AvgIpc) is 2.86. The molecule has 0 radical (unpaired) electrons. The SMILES string of the molecule is CCCc1nc2nc(C)cc(Nc3ccc(Br)c(C)c3)n2n1. The fourth-order valence-electron chi connectivity index (χ4n) is 2.32. The number of halogens is 1. The van der Waals surface area contributed by atoms with Crippen LogP contribution in [0.2, 0.25) is 0 Å². The monoisotopic (exact) mass is 359 g/mol. The Kier molecular flexibility index (Phi) is 4.11. The number of hydrogen-bond donors (Lipinski definition) is 1. The number of anilines is 2. The molecule has 0 aliphatic rings. The smallest absolute Gasteiger partial charge is 0.254 e. The van der Waals surface area contributed by atoms with Crippen LogP contribution in [-0.4, -0.2) is 19.6 Å². The molecule has 0 atom stereocenters. The van der Waals surface area contributed by atoms with E-state index >= 15 is 0 Å². The molecule has 2 aromatic heterocycles. The summed E-state index contributed by atoms with van der Waals surface area (Å²) in [6, 6.07) is 8.14. The molecule has 6 heteroatoms. The van der Waals surface area contributed by atoms with Gasteiger partial charge in [-0.3, -0.25) is 0 Å². The van der Waals surface area contributed by atoms with Crippen LogP contribution in [0.4, 0.5) is 11.5 Å². The molecule has 3 aromatic rings. The Hall–Kier alpha value is -1.95. The van der Waals surface area contributed by atoms with Crippen LogP contribution in [0.25, 0.3) is 5.78 Å². The van der Waals surface area contributed by atoms with E-state index in [2.05, 4.69) is 56.2 Å². The molecule has 5 nitrogen and oxygen atoms in total. The number of nitrogens with zero attached hydrogens (tertiary/aromatic N) is 4. The van der Waals surface area contributed by atoms with E-state index in [0.29, 0.717) is 5.78 Å². The van der Waals surface area contributed by atoms with E-state index in [1.54, 1.807) is 4.52 Å². The normalized spacial score (nSPS) is 11.1. The Morgan fingerprint density at radius 1 is 1.18 bits per heavy atom. The lowest BCUT2D eigenvalue weighted by Gasteiger charge is -2.10. The first kappa shape index (κ1) is 15.0. The topological polar surface area (TPSA) is 55.1 Å². The van der Waals surface area contributed by atoms with E-state index in [0.717, 1.165) is 40.3 Å². The number of aryl methyl sites for hydroxylation is 3. The summed E-state index contributed by atoms with van der Waals surface area (Å²) in [4.78, 5) is 8.94. The van der Waals surface area contributed by atoms with Gasteiger partial charge >= 0.3 is 0 Å². The number of rotatable bonds is 4. The first-order valence-corrected chi connectivity index (χ1v) is 8.12. The van der Waals surface area contributed by atoms with Gasteiger partial charge in [-0.2, -0.15) is 9.50 Å². The molecule has 0 fully saturated rings. The highest BCUT2D eigenvalue weighted by atomic mass is 79.9. The van der Waals surface area contributed by atoms with E-state index in [9.17, 15) is 0 Å². The van der Waals surface area contributed by atoms with Gasteiger partial charge in [0.2, 0.25) is 0 Å². The highest BCUT2D eigenvalue weighted by Crippen LogP contribution is 2.23. The van der Waals surface area contributed by atoms with Crippen LogP contribution in [0.1, 0.15) is 30.4 Å². The van der Waals surface area contributed by atoms with Crippen molar-refractivity contribution >= 4 is 33.2 Å². The molecule has 2 heterocycles. The van der Waals surface area contributed by atoms with E-state index in [4.69, 9.17) is 0 Å². The average molecular weight is 360 g/mol. The van der Waals surface area contributed by atoms with Gasteiger partial charge in [0.15, 0.2) is 5.82 Å². The summed E-state index contributed by atoms with van der Waals surface area (Å²) < 4.78 is 2.87. The van der Waals surface area contributed by atoms with Crippen molar-refractivity contribution in [3.8, 4) is 0 Å². The standard InChI is InChI=1S/C16H18BrN5/c1-4-5-14-20-16-18-11(3)9-15(22(16)21-14)19-12-6-7-13(17)10(2)8-12/h6-9,19H,4-5H2,1-3H3. The first-order valence-electron chi connectivity index (χ1n) is 7.33. The lowest BCUT2D eigenvalue weighted by molar-refractivity contribution is 0.819. The summed E-state index contributed by atoms with van der Waals surface area (Å²) in [6.07, 6.45) is 1.88. The summed E-state index contributed by atoms with van der Waals surface area (Å²) in [6.45, 7) is 6.15. The lowest BCUT2D eigenvalue weighted by atomic mass is 10.2. The molecule has 1 aromatic carbocycles. The van der Waals surface area contributed by atoms with Gasteiger partial charge < -0.3 is 5.32 Å². The van der Waals surface area contributed by atoms with Crippen molar-refractivity contribution in [2.75, 3.05) is 5.32 Å². The molecule has 0 spiro atoms. The van der Waals surface area contributed by atoms with E-state index in [-0.39, 0.29) is 0 Å². The second kappa shape index (κ2) is 6.04. The van der Waals surface area contributed by atoms with Crippen molar-refractivity contribution in [3.63, 3.8) is 0 Å². The van der Waals surface area contributed by atoms with Crippen LogP contribution in [-0.2, 0) is 6.42 Å². The van der Waals surface area contributed by atoms with Crippen molar-refractivity contribution in [2.24, 2.45) is 0 Å². The minimum Gasteiger partial charge on any atom is -0.340 e. The maximum atomic E-state index is 4.55. The largest absolute Gasteiger partial charge is 0.340 e. The van der Waals surface area contributed by atoms with Gasteiger partial charge in [-0.15, -0.1) is 5.10 Å². The third kappa shape index (κ3) is 2.97. The number of aromatic nitrogens is 4. The van der Waals surface area contributed by atoms with Crippen molar-refractivity contribution in [1.29, 1.82) is 0 Å². The Balaban J connectivity index is 2.03. The molecular formula is C16H18BrN5. The third-order valence-electron chi connectivity index (χ3n) is 3.39. The predicted octanol–water partition coefficient (Wildman–Crippen LogP) is 4.20. The molecule has 0 aliphatic carbocycles. The minimum atomic E-state index is 0.639. The molecule has 3 rings (SSSR count). The molecule has 0 saturated heterocycles. The molecule has 0 saturated carbocycles. The van der Waals surface area contributed by atoms with Gasteiger partial charge in [0, 0.05) is 28.3 Å². The molecule has 0 bridgehead atoms. The van der Waals surface area contributed by atoms with Crippen molar-refractivity contribution in [3.05, 3.63) is 45.8 Å². The molecule has 1 N–H and O–H groups in total. The zero-order valence-corrected chi connectivity index (χ0v) is 14.5. The lowest BCUT2D eigenvalue weighted by Crippen LogP contribution is -2.03. The third-order valence-corrected chi connectivity index (χ3v) is 4.28. The quantitative estimate of drug-likeness (QED) is 0.758. The van der Waals surface area contributed by atoms with Crippen LogP contribution >= 0.6 is 15.9 Å². The molecule has 22 heavy (non-hydrogen) atoms. The second-order valence-corrected chi connectivity index (χ2v) is 6.22. The second-order valence-electron chi connectivity index (χ2n) is 5.36. The van der Waals surface area contributed by atoms with Gasteiger partial charge in [-0.1, -0.05) is 22.9 Å². The Bertz CT molecular complexity index is 825. The summed E-state index contributed by atoms with van der Waals surface area (Å²) in [5, 5.41) is 7.96. The molecule has 114 valence electrons. The number of hydrogen-bond acceptors (Lipinski definition) is 4. The molecular weight excluding hydrogens is 342 g/mol. The number of nitrogens with one attached hydrogen (secondary N) is 1. The number of benzene rings is 1. The predicted molar refractivity (Wildman–Crippen MR) is 91.7 cm³/mol. The van der Waals surface area contributed by atoms with Crippen molar-refractivity contribution in [1.82, 2.24) is 19.6 Å². The molecule has 0 aliphatic heterocycles. The van der Waals surface area contributed by atoms with Crippen LogP contribution in [0.3, 0.4) is 0 Å². The van der Waals surface area contributed by atoms with Crippen LogP contribution in [0, 0.1) is 13.8 Å². The van der Waals surface area contributed by atoms with Gasteiger partial charge in [0.25, 0.3) is 5.78 Å². The summed E-state index contributed by atoms with van der Waals surface area (Å²) in [5.41, 5.74) is 3.11. The Labute approximate surface area is 137 Å². The maximum Gasteiger partial charge on any atom is 0.254 e. The van der Waals surface area contributed by atoms with E-state index in [1.165, 1.54) is 5.56 Å². The van der Waals surface area contributed by atoms with Gasteiger partial charge in [0.1, 0.15) is 5.82 Å². The van der Waals surface area contributed by atoms with Gasteiger partial charge in [0.05, 0.1) is 0 Å². The summed E-state index contributed by atoms with van der Waals surface area (Å²) in [5.74, 6) is 2.34. The fraction of sp³-hybridized carbons (Fsp3) is 0.312. The summed E-state index contributed by atoms with van der Waals surface area (Å²) in [7, 11) is 0. The first-order chi connectivity index (χ1) is 10.6. The van der Waals surface area contributed by atoms with Gasteiger partial charge in [-0.05, 0) is 44.0 Å². The van der Waals surface area contributed by atoms with Gasteiger partial charge in [-0.25, -0.2) is 4.98 Å². The van der Waals surface area contributed by atoms with Crippen LogP contribution in [0.15, 0.2) is 28.7 Å². The van der Waals surface area contributed by atoms with Crippen molar-refractivity contribution in [2.45, 2.75) is 33.6 Å². The Morgan fingerprint density at radius 3 is 2.73 bits per heavy atom. The molecule has 0 amide bonds. The zero-order valence-electron chi connectivity index (χ0n) is 12.9. The Morgan fingerprint density at radius 2 is 2.00 bits per heavy atom. The summed E-state index contributed by atoms with van der Waals surface area (Å²) >= 11 is 3.52. The van der Waals surface area contributed by atoms with Crippen LogP contribution < -0.4 is 5.32 Å². The fourth-order valence-corrected chi connectivity index (χ4v) is 2.56. The van der Waals surface area contributed by atoms with Crippen molar-refractivity contribution < 1.29 is 0 Å². The van der Waals surface area contributed by atoms with E-state index in [1.807, 2.05) is 25.1 Å². The number of fused-ring (bicyclic) bond motifs is 1. The maximum absolute atomic E-state index is 4.55.